The molecule has 0 aliphatic heterocycles. The number of benzene rings is 6. The second kappa shape index (κ2) is 8.22. The van der Waals surface area contributed by atoms with E-state index in [2.05, 4.69) is 155 Å². The summed E-state index contributed by atoms with van der Waals surface area (Å²) in [6, 6.07) is 52.4. The first-order valence-corrected chi connectivity index (χ1v) is 13.1. The zero-order chi connectivity index (χ0) is 25.1. The van der Waals surface area contributed by atoms with Gasteiger partial charge in [-0.1, -0.05) is 109 Å². The zero-order valence-electron chi connectivity index (χ0n) is 20.8. The van der Waals surface area contributed by atoms with Crippen LogP contribution in [0.3, 0.4) is 0 Å². The van der Waals surface area contributed by atoms with Gasteiger partial charge in [0.25, 0.3) is 0 Å². The third kappa shape index (κ3) is 2.95. The van der Waals surface area contributed by atoms with Crippen LogP contribution in [-0.4, -0.2) is 9.13 Å². The smallest absolute Gasteiger partial charge is 0.0561 e. The number of fused-ring (bicyclic) bond motifs is 6. The summed E-state index contributed by atoms with van der Waals surface area (Å²) < 4.78 is 4.87. The number of aromatic nitrogens is 2. The quantitative estimate of drug-likeness (QED) is 0.236. The number of nitrogens with zero attached hydrogens (tertiary/aromatic N) is 2. The lowest BCUT2D eigenvalue weighted by molar-refractivity contribution is 1.14. The second-order valence-corrected chi connectivity index (χ2v) is 9.78. The standard InChI is InChI=1S/C36H24N2/c1-2-13-25(14-3-1)36-34(37-30-19-8-4-15-26(30)27-16-5-9-20-31(27)37)23-12-24-35(36)38-32-21-10-6-17-28(32)29-18-7-11-22-33(29)38/h1-24H. The van der Waals surface area contributed by atoms with E-state index < -0.39 is 0 Å². The van der Waals surface area contributed by atoms with Gasteiger partial charge in [0.1, 0.15) is 0 Å². The van der Waals surface area contributed by atoms with Gasteiger partial charge in [-0.2, -0.15) is 0 Å². The average molecular weight is 485 g/mol. The average Bonchev–Trinajstić information content (AvgIpc) is 3.50. The van der Waals surface area contributed by atoms with Crippen LogP contribution >= 0.6 is 0 Å². The maximum atomic E-state index is 2.43. The predicted octanol–water partition coefficient (Wildman–Crippen LogP) is 9.55. The molecule has 0 amide bonds. The molecule has 2 heteroatoms. The van der Waals surface area contributed by atoms with Crippen molar-refractivity contribution in [1.29, 1.82) is 0 Å². The summed E-state index contributed by atoms with van der Waals surface area (Å²) in [7, 11) is 0. The Bertz CT molecular complexity index is 1890. The molecule has 0 unspecified atom stereocenters. The molecule has 0 aliphatic rings. The first kappa shape index (κ1) is 21.0. The van der Waals surface area contributed by atoms with Gasteiger partial charge in [-0.25, -0.2) is 0 Å². The molecule has 0 spiro atoms. The number of hydrogen-bond donors (Lipinski definition) is 0. The molecule has 2 aromatic heterocycles. The summed E-state index contributed by atoms with van der Waals surface area (Å²) in [4.78, 5) is 0. The maximum Gasteiger partial charge on any atom is 0.0561 e. The number of rotatable bonds is 3. The first-order chi connectivity index (χ1) is 18.9. The Labute approximate surface area is 220 Å². The molecule has 0 bridgehead atoms. The highest BCUT2D eigenvalue weighted by atomic mass is 15.0. The van der Waals surface area contributed by atoms with E-state index in [0.29, 0.717) is 0 Å². The molecule has 2 heterocycles. The van der Waals surface area contributed by atoms with Crippen molar-refractivity contribution in [2.45, 2.75) is 0 Å². The fourth-order valence-electron chi connectivity index (χ4n) is 6.17. The topological polar surface area (TPSA) is 9.86 Å². The van der Waals surface area contributed by atoms with Crippen molar-refractivity contribution in [1.82, 2.24) is 9.13 Å². The fraction of sp³-hybridized carbons (Fsp3) is 0. The Morgan fingerprint density at radius 1 is 0.289 bits per heavy atom. The third-order valence-corrected chi connectivity index (χ3v) is 7.72. The largest absolute Gasteiger partial charge is 0.309 e. The minimum Gasteiger partial charge on any atom is -0.309 e. The molecule has 0 N–H and O–H groups in total. The van der Waals surface area contributed by atoms with Crippen molar-refractivity contribution < 1.29 is 0 Å². The van der Waals surface area contributed by atoms with E-state index in [0.717, 1.165) is 0 Å². The van der Waals surface area contributed by atoms with Crippen LogP contribution in [0.5, 0.6) is 0 Å². The summed E-state index contributed by atoms with van der Waals surface area (Å²) in [5.74, 6) is 0. The SMILES string of the molecule is c1ccc(-c2c(-n3c4ccccc4c4ccccc43)cccc2-n2c3ccccc3c3ccccc32)cc1. The molecule has 8 aromatic rings. The molecule has 0 radical (unpaired) electrons. The second-order valence-electron chi connectivity index (χ2n) is 9.78. The van der Waals surface area contributed by atoms with Crippen LogP contribution in [0.4, 0.5) is 0 Å². The third-order valence-electron chi connectivity index (χ3n) is 7.72. The van der Waals surface area contributed by atoms with Crippen LogP contribution in [0, 0.1) is 0 Å². The van der Waals surface area contributed by atoms with E-state index in [9.17, 15) is 0 Å². The summed E-state index contributed by atoms with van der Waals surface area (Å²) in [5.41, 5.74) is 9.61. The lowest BCUT2D eigenvalue weighted by Gasteiger charge is -2.20. The van der Waals surface area contributed by atoms with Gasteiger partial charge in [0.2, 0.25) is 0 Å². The van der Waals surface area contributed by atoms with Crippen LogP contribution in [0.2, 0.25) is 0 Å². The van der Waals surface area contributed by atoms with Crippen molar-refractivity contribution in [2.75, 3.05) is 0 Å². The molecule has 38 heavy (non-hydrogen) atoms. The van der Waals surface area contributed by atoms with Crippen molar-refractivity contribution in [3.63, 3.8) is 0 Å². The molecular weight excluding hydrogens is 460 g/mol. The lowest BCUT2D eigenvalue weighted by atomic mass is 10.0. The number of para-hydroxylation sites is 4. The summed E-state index contributed by atoms with van der Waals surface area (Å²) >= 11 is 0. The van der Waals surface area contributed by atoms with Crippen molar-refractivity contribution in [2.24, 2.45) is 0 Å². The molecule has 0 aliphatic carbocycles. The highest BCUT2D eigenvalue weighted by molar-refractivity contribution is 6.11. The van der Waals surface area contributed by atoms with E-state index in [1.165, 1.54) is 66.1 Å². The Morgan fingerprint density at radius 2 is 0.632 bits per heavy atom. The van der Waals surface area contributed by atoms with Gasteiger partial charge in [0, 0.05) is 27.1 Å². The van der Waals surface area contributed by atoms with E-state index in [4.69, 9.17) is 0 Å². The molecule has 0 atom stereocenters. The van der Waals surface area contributed by atoms with Crippen LogP contribution in [0.25, 0.3) is 66.1 Å². The lowest BCUT2D eigenvalue weighted by Crippen LogP contribution is -2.03. The van der Waals surface area contributed by atoms with Gasteiger partial charge >= 0.3 is 0 Å². The Hall–Kier alpha value is -5.08. The fourth-order valence-corrected chi connectivity index (χ4v) is 6.17. The predicted molar refractivity (Wildman–Crippen MR) is 161 cm³/mol. The zero-order valence-corrected chi connectivity index (χ0v) is 20.8. The van der Waals surface area contributed by atoms with Gasteiger partial charge in [0.05, 0.1) is 33.4 Å². The molecule has 0 saturated carbocycles. The molecule has 6 aromatic carbocycles. The first-order valence-electron chi connectivity index (χ1n) is 13.1. The van der Waals surface area contributed by atoms with Crippen LogP contribution in [0.1, 0.15) is 0 Å². The van der Waals surface area contributed by atoms with Crippen LogP contribution in [-0.2, 0) is 0 Å². The van der Waals surface area contributed by atoms with Gasteiger partial charge in [-0.05, 0) is 42.0 Å². The van der Waals surface area contributed by atoms with Crippen LogP contribution < -0.4 is 0 Å². The molecule has 8 rings (SSSR count). The van der Waals surface area contributed by atoms with Gasteiger partial charge < -0.3 is 9.13 Å². The molecular formula is C36H24N2. The van der Waals surface area contributed by atoms with E-state index in [1.807, 2.05) is 0 Å². The van der Waals surface area contributed by atoms with E-state index in [-0.39, 0.29) is 0 Å². The molecule has 0 fully saturated rings. The van der Waals surface area contributed by atoms with Gasteiger partial charge in [0.15, 0.2) is 0 Å². The molecule has 2 nitrogen and oxygen atoms in total. The summed E-state index contributed by atoms with van der Waals surface area (Å²) in [6.07, 6.45) is 0. The summed E-state index contributed by atoms with van der Waals surface area (Å²) in [5, 5.41) is 5.07. The van der Waals surface area contributed by atoms with Crippen molar-refractivity contribution in [3.8, 4) is 22.5 Å². The van der Waals surface area contributed by atoms with Gasteiger partial charge in [-0.3, -0.25) is 0 Å². The molecule has 178 valence electrons. The minimum atomic E-state index is 1.17. The van der Waals surface area contributed by atoms with Gasteiger partial charge in [-0.15, -0.1) is 0 Å². The Balaban J connectivity index is 1.57. The maximum absolute atomic E-state index is 2.43. The molecule has 0 saturated heterocycles. The van der Waals surface area contributed by atoms with Crippen molar-refractivity contribution in [3.05, 3.63) is 146 Å². The van der Waals surface area contributed by atoms with Crippen molar-refractivity contribution >= 4 is 43.6 Å². The number of hydrogen-bond acceptors (Lipinski definition) is 0. The van der Waals surface area contributed by atoms with Crippen LogP contribution in [0.15, 0.2) is 146 Å². The highest BCUT2D eigenvalue weighted by Gasteiger charge is 2.20. The summed E-state index contributed by atoms with van der Waals surface area (Å²) in [6.45, 7) is 0. The monoisotopic (exact) mass is 484 g/mol. The Morgan fingerprint density at radius 3 is 1.03 bits per heavy atom. The van der Waals surface area contributed by atoms with E-state index in [1.54, 1.807) is 0 Å². The Kier molecular flexibility index (Phi) is 4.55. The minimum absolute atomic E-state index is 1.17. The van der Waals surface area contributed by atoms with E-state index >= 15 is 0 Å². The normalized spacial score (nSPS) is 11.7. The highest BCUT2D eigenvalue weighted by Crippen LogP contribution is 2.41.